The second kappa shape index (κ2) is 5.58. The Kier molecular flexibility index (Phi) is 4.13. The van der Waals surface area contributed by atoms with Crippen LogP contribution in [0.25, 0.3) is 0 Å². The molecule has 3 heteroatoms. The number of hydrogen-bond donors (Lipinski definition) is 2. The molecule has 3 nitrogen and oxygen atoms in total. The number of rotatable bonds is 4. The maximum atomic E-state index is 10.1. The van der Waals surface area contributed by atoms with Crippen LogP contribution in [0, 0.1) is 23.2 Å². The van der Waals surface area contributed by atoms with Crippen LogP contribution in [0.3, 0.4) is 0 Å². The van der Waals surface area contributed by atoms with Gasteiger partial charge in [-0.05, 0) is 49.5 Å². The van der Waals surface area contributed by atoms with E-state index in [4.69, 9.17) is 0 Å². The smallest absolute Gasteiger partial charge is 0.0583 e. The summed E-state index contributed by atoms with van der Waals surface area (Å²) in [6.45, 7) is 11.8. The largest absolute Gasteiger partial charge is 0.393 e. The minimum Gasteiger partial charge on any atom is -0.393 e. The first-order valence-electron chi connectivity index (χ1n) is 8.65. The van der Waals surface area contributed by atoms with Gasteiger partial charge in [0.2, 0.25) is 0 Å². The molecule has 0 aromatic carbocycles. The zero-order chi connectivity index (χ0) is 14.3. The molecule has 3 aliphatic rings. The Morgan fingerprint density at radius 1 is 1.20 bits per heavy atom. The highest BCUT2D eigenvalue weighted by atomic mass is 16.3. The van der Waals surface area contributed by atoms with Crippen molar-refractivity contribution in [1.29, 1.82) is 0 Å². The zero-order valence-corrected chi connectivity index (χ0v) is 13.4. The van der Waals surface area contributed by atoms with Crippen LogP contribution >= 0.6 is 0 Å². The summed E-state index contributed by atoms with van der Waals surface area (Å²) >= 11 is 0. The first-order chi connectivity index (χ1) is 9.51. The maximum Gasteiger partial charge on any atom is 0.0583 e. The minimum atomic E-state index is -0.0189. The van der Waals surface area contributed by atoms with Crippen molar-refractivity contribution in [3.63, 3.8) is 0 Å². The molecule has 3 rings (SSSR count). The maximum absolute atomic E-state index is 10.1. The molecule has 2 N–H and O–H groups in total. The number of nitrogens with zero attached hydrogens (tertiary/aromatic N) is 1. The van der Waals surface area contributed by atoms with E-state index in [9.17, 15) is 5.11 Å². The molecule has 5 unspecified atom stereocenters. The predicted octanol–water partition coefficient (Wildman–Crippen LogP) is 2.10. The van der Waals surface area contributed by atoms with E-state index in [1.54, 1.807) is 0 Å². The molecule has 1 heterocycles. The van der Waals surface area contributed by atoms with Gasteiger partial charge in [-0.2, -0.15) is 0 Å². The van der Waals surface area contributed by atoms with Gasteiger partial charge < -0.3 is 15.3 Å². The molecule has 5 atom stereocenters. The van der Waals surface area contributed by atoms with Crippen molar-refractivity contribution in [1.82, 2.24) is 10.2 Å². The summed E-state index contributed by atoms with van der Waals surface area (Å²) in [6, 6.07) is 0.665. The lowest BCUT2D eigenvalue weighted by Gasteiger charge is -2.33. The molecule has 0 amide bonds. The van der Waals surface area contributed by atoms with Crippen LogP contribution in [0.1, 0.15) is 46.5 Å². The zero-order valence-electron chi connectivity index (χ0n) is 13.4. The Balaban J connectivity index is 1.58. The first kappa shape index (κ1) is 14.8. The lowest BCUT2D eigenvalue weighted by atomic mass is 9.84. The van der Waals surface area contributed by atoms with E-state index >= 15 is 0 Å². The van der Waals surface area contributed by atoms with E-state index < -0.39 is 0 Å². The fraction of sp³-hybridized carbons (Fsp3) is 1.00. The van der Waals surface area contributed by atoms with Crippen molar-refractivity contribution < 1.29 is 5.11 Å². The van der Waals surface area contributed by atoms with Gasteiger partial charge in [0, 0.05) is 31.6 Å². The number of aliphatic hydroxyl groups is 1. The Bertz CT molecular complexity index is 344. The van der Waals surface area contributed by atoms with Crippen LogP contribution in [-0.4, -0.2) is 48.3 Å². The lowest BCUT2D eigenvalue weighted by Crippen LogP contribution is -2.45. The summed E-state index contributed by atoms with van der Waals surface area (Å²) in [6.07, 6.45) is 4.97. The van der Waals surface area contributed by atoms with E-state index in [0.717, 1.165) is 31.3 Å². The molecular weight excluding hydrogens is 248 g/mol. The molecule has 0 bridgehead atoms. The molecule has 0 aromatic rings. The van der Waals surface area contributed by atoms with Crippen molar-refractivity contribution in [3.8, 4) is 0 Å². The van der Waals surface area contributed by atoms with Crippen LogP contribution in [0.15, 0.2) is 0 Å². The Morgan fingerprint density at radius 3 is 2.70 bits per heavy atom. The van der Waals surface area contributed by atoms with E-state index in [2.05, 4.69) is 31.0 Å². The highest BCUT2D eigenvalue weighted by molar-refractivity contribution is 4.99. The molecule has 0 radical (unpaired) electrons. The highest BCUT2D eigenvalue weighted by Crippen LogP contribution is 2.43. The van der Waals surface area contributed by atoms with E-state index in [0.29, 0.717) is 17.4 Å². The van der Waals surface area contributed by atoms with Gasteiger partial charge in [-0.15, -0.1) is 0 Å². The van der Waals surface area contributed by atoms with Crippen molar-refractivity contribution >= 4 is 0 Å². The predicted molar refractivity (Wildman–Crippen MR) is 82.6 cm³/mol. The second-order valence-corrected chi connectivity index (χ2v) is 8.11. The van der Waals surface area contributed by atoms with E-state index in [-0.39, 0.29) is 6.10 Å². The Morgan fingerprint density at radius 2 is 2.00 bits per heavy atom. The first-order valence-corrected chi connectivity index (χ1v) is 8.65. The summed E-state index contributed by atoms with van der Waals surface area (Å²) in [4.78, 5) is 2.65. The van der Waals surface area contributed by atoms with Crippen molar-refractivity contribution in [2.24, 2.45) is 23.2 Å². The van der Waals surface area contributed by atoms with Crippen LogP contribution in [-0.2, 0) is 0 Å². The number of hydrogen-bond acceptors (Lipinski definition) is 3. The highest BCUT2D eigenvalue weighted by Gasteiger charge is 2.45. The number of fused-ring (bicyclic) bond motifs is 1. The topological polar surface area (TPSA) is 35.5 Å². The SMILES string of the molecule is CCNC1C(CN2CC3CCC(O)C3C2)CCC1(C)C. The van der Waals surface area contributed by atoms with E-state index in [1.807, 2.05) is 0 Å². The second-order valence-electron chi connectivity index (χ2n) is 8.11. The normalized spacial score (nSPS) is 44.1. The van der Waals surface area contributed by atoms with Gasteiger partial charge in [0.25, 0.3) is 0 Å². The molecule has 20 heavy (non-hydrogen) atoms. The molecule has 3 fully saturated rings. The number of aliphatic hydroxyl groups excluding tert-OH is 1. The fourth-order valence-electron chi connectivity index (χ4n) is 5.19. The Labute approximate surface area is 124 Å². The van der Waals surface area contributed by atoms with Crippen molar-refractivity contribution in [2.75, 3.05) is 26.2 Å². The minimum absolute atomic E-state index is 0.0189. The molecule has 2 saturated carbocycles. The van der Waals surface area contributed by atoms with Crippen LogP contribution in [0.4, 0.5) is 0 Å². The van der Waals surface area contributed by atoms with Crippen LogP contribution < -0.4 is 5.32 Å². The lowest BCUT2D eigenvalue weighted by molar-refractivity contribution is 0.120. The van der Waals surface area contributed by atoms with Gasteiger partial charge in [-0.3, -0.25) is 0 Å². The van der Waals surface area contributed by atoms with Gasteiger partial charge in [0.05, 0.1) is 6.10 Å². The number of nitrogens with one attached hydrogen (secondary N) is 1. The summed E-state index contributed by atoms with van der Waals surface area (Å²) in [7, 11) is 0. The summed E-state index contributed by atoms with van der Waals surface area (Å²) < 4.78 is 0. The van der Waals surface area contributed by atoms with Gasteiger partial charge >= 0.3 is 0 Å². The molecule has 116 valence electrons. The molecule has 2 aliphatic carbocycles. The van der Waals surface area contributed by atoms with Gasteiger partial charge in [0.1, 0.15) is 0 Å². The van der Waals surface area contributed by atoms with Gasteiger partial charge in [-0.1, -0.05) is 20.8 Å². The quantitative estimate of drug-likeness (QED) is 0.828. The molecule has 1 aliphatic heterocycles. The molecule has 0 aromatic heterocycles. The average molecular weight is 280 g/mol. The van der Waals surface area contributed by atoms with Gasteiger partial charge in [-0.25, -0.2) is 0 Å². The third-order valence-electron chi connectivity index (χ3n) is 6.28. The van der Waals surface area contributed by atoms with Gasteiger partial charge in [0.15, 0.2) is 0 Å². The summed E-state index contributed by atoms with van der Waals surface area (Å²) in [5.41, 5.74) is 0.440. The third-order valence-corrected chi connectivity index (χ3v) is 6.28. The van der Waals surface area contributed by atoms with Crippen LogP contribution in [0.2, 0.25) is 0 Å². The van der Waals surface area contributed by atoms with Crippen molar-refractivity contribution in [2.45, 2.75) is 58.6 Å². The standard InChI is InChI=1S/C17H32N2O/c1-4-18-16-13(7-8-17(16,2)3)10-19-9-12-5-6-15(20)14(12)11-19/h12-16,18,20H,4-11H2,1-3H3. The Hall–Kier alpha value is -0.120. The number of likely N-dealkylation sites (tertiary alicyclic amines) is 1. The van der Waals surface area contributed by atoms with Crippen LogP contribution in [0.5, 0.6) is 0 Å². The monoisotopic (exact) mass is 280 g/mol. The fourth-order valence-corrected chi connectivity index (χ4v) is 5.19. The average Bonchev–Trinajstić information content (AvgIpc) is 3.01. The molecular formula is C17H32N2O. The third kappa shape index (κ3) is 2.65. The molecule has 1 saturated heterocycles. The molecule has 0 spiro atoms. The van der Waals surface area contributed by atoms with Crippen molar-refractivity contribution in [3.05, 3.63) is 0 Å². The summed E-state index contributed by atoms with van der Waals surface area (Å²) in [5, 5.41) is 13.8. The summed E-state index contributed by atoms with van der Waals surface area (Å²) in [5.74, 6) is 2.14. The van der Waals surface area contributed by atoms with E-state index in [1.165, 1.54) is 32.4 Å².